The molecule has 17 heavy (non-hydrogen) atoms. The lowest BCUT2D eigenvalue weighted by Crippen LogP contribution is -2.30. The van der Waals surface area contributed by atoms with Gasteiger partial charge >= 0.3 is 0 Å². The normalized spacial score (nSPS) is 15.2. The molecule has 1 heteroatoms. The van der Waals surface area contributed by atoms with E-state index in [9.17, 15) is 0 Å². The minimum absolute atomic E-state index is 0.660. The molecule has 1 nitrogen and oxygen atoms in total. The summed E-state index contributed by atoms with van der Waals surface area (Å²) in [5, 5.41) is 0. The Bertz CT molecular complexity index is 341. The first-order chi connectivity index (χ1) is 8.22. The molecule has 96 valence electrons. The third-order valence-electron chi connectivity index (χ3n) is 3.45. The summed E-state index contributed by atoms with van der Waals surface area (Å²) in [6.45, 7) is 14.4. The Labute approximate surface area is 107 Å². The maximum absolute atomic E-state index is 2.52. The molecule has 1 aromatic carbocycles. The second-order valence-electron chi connectivity index (χ2n) is 4.76. The fourth-order valence-corrected chi connectivity index (χ4v) is 2.51. The monoisotopic (exact) mass is 233 g/mol. The van der Waals surface area contributed by atoms with Gasteiger partial charge in [-0.2, -0.15) is 0 Å². The van der Waals surface area contributed by atoms with Crippen LogP contribution in [0.3, 0.4) is 0 Å². The number of hydrogen-bond acceptors (Lipinski definition) is 1. The summed E-state index contributed by atoms with van der Waals surface area (Å²) in [6.07, 6.45) is 1.23. The SMILES string of the molecule is CC.CCN1CCc2c(cccc2C(C)C)C1. The van der Waals surface area contributed by atoms with Crippen molar-refractivity contribution in [3.8, 4) is 0 Å². The van der Waals surface area contributed by atoms with Crippen molar-refractivity contribution in [2.24, 2.45) is 0 Å². The van der Waals surface area contributed by atoms with Crippen molar-refractivity contribution < 1.29 is 0 Å². The molecule has 0 amide bonds. The van der Waals surface area contributed by atoms with Crippen molar-refractivity contribution >= 4 is 0 Å². The minimum Gasteiger partial charge on any atom is -0.299 e. The van der Waals surface area contributed by atoms with Crippen LogP contribution in [0.1, 0.15) is 57.2 Å². The molecule has 0 radical (unpaired) electrons. The zero-order chi connectivity index (χ0) is 12.8. The number of hydrogen-bond donors (Lipinski definition) is 0. The molecular weight excluding hydrogens is 206 g/mol. The van der Waals surface area contributed by atoms with Gasteiger partial charge in [-0.25, -0.2) is 0 Å². The summed E-state index contributed by atoms with van der Waals surface area (Å²) in [5.74, 6) is 0.660. The smallest absolute Gasteiger partial charge is 0.0236 e. The van der Waals surface area contributed by atoms with Crippen LogP contribution in [0.25, 0.3) is 0 Å². The molecule has 1 aliphatic rings. The van der Waals surface area contributed by atoms with Crippen molar-refractivity contribution in [3.05, 3.63) is 34.9 Å². The molecule has 0 aromatic heterocycles. The van der Waals surface area contributed by atoms with Crippen LogP contribution in [0.5, 0.6) is 0 Å². The third-order valence-corrected chi connectivity index (χ3v) is 3.45. The second kappa shape index (κ2) is 6.80. The quantitative estimate of drug-likeness (QED) is 0.739. The highest BCUT2D eigenvalue weighted by Gasteiger charge is 2.18. The molecule has 0 unspecified atom stereocenters. The average molecular weight is 233 g/mol. The van der Waals surface area contributed by atoms with E-state index in [2.05, 4.69) is 43.9 Å². The van der Waals surface area contributed by atoms with E-state index < -0.39 is 0 Å². The number of likely N-dealkylation sites (N-methyl/N-ethyl adjacent to an activating group) is 1. The zero-order valence-corrected chi connectivity index (χ0v) is 12.1. The van der Waals surface area contributed by atoms with Gasteiger partial charge in [-0.15, -0.1) is 0 Å². The van der Waals surface area contributed by atoms with Gasteiger partial charge in [-0.1, -0.05) is 52.8 Å². The predicted molar refractivity (Wildman–Crippen MR) is 76.5 cm³/mol. The summed E-state index contributed by atoms with van der Waals surface area (Å²) >= 11 is 0. The van der Waals surface area contributed by atoms with Crippen LogP contribution in [0.4, 0.5) is 0 Å². The fraction of sp³-hybridized carbons (Fsp3) is 0.625. The van der Waals surface area contributed by atoms with Crippen LogP contribution < -0.4 is 0 Å². The fourth-order valence-electron chi connectivity index (χ4n) is 2.51. The Balaban J connectivity index is 0.000000686. The Morgan fingerprint density at radius 2 is 1.94 bits per heavy atom. The van der Waals surface area contributed by atoms with Gasteiger partial charge in [0.1, 0.15) is 0 Å². The first kappa shape index (κ1) is 14.2. The van der Waals surface area contributed by atoms with Crippen molar-refractivity contribution in [2.45, 2.75) is 53.5 Å². The largest absolute Gasteiger partial charge is 0.299 e. The molecule has 0 bridgehead atoms. The standard InChI is InChI=1S/C14H21N.C2H6/c1-4-15-9-8-14-12(10-15)6-5-7-13(14)11(2)3;1-2/h5-7,11H,4,8-10H2,1-3H3;1-2H3. The Morgan fingerprint density at radius 3 is 2.53 bits per heavy atom. The Morgan fingerprint density at radius 1 is 1.24 bits per heavy atom. The molecule has 0 saturated carbocycles. The van der Waals surface area contributed by atoms with E-state index in [0.717, 1.165) is 6.54 Å². The average Bonchev–Trinajstić information content (AvgIpc) is 2.39. The van der Waals surface area contributed by atoms with E-state index in [1.165, 1.54) is 19.5 Å². The van der Waals surface area contributed by atoms with E-state index in [1.807, 2.05) is 13.8 Å². The summed E-state index contributed by atoms with van der Waals surface area (Å²) in [5.41, 5.74) is 4.73. The Hall–Kier alpha value is -0.820. The zero-order valence-electron chi connectivity index (χ0n) is 12.1. The van der Waals surface area contributed by atoms with Crippen molar-refractivity contribution in [1.29, 1.82) is 0 Å². The van der Waals surface area contributed by atoms with Crippen LogP contribution >= 0.6 is 0 Å². The first-order valence-electron chi connectivity index (χ1n) is 7.05. The van der Waals surface area contributed by atoms with Crippen LogP contribution in [-0.2, 0) is 13.0 Å². The van der Waals surface area contributed by atoms with Crippen LogP contribution in [0.15, 0.2) is 18.2 Å². The minimum atomic E-state index is 0.660. The lowest BCUT2D eigenvalue weighted by molar-refractivity contribution is 0.267. The van der Waals surface area contributed by atoms with E-state index >= 15 is 0 Å². The highest BCUT2D eigenvalue weighted by Crippen LogP contribution is 2.27. The highest BCUT2D eigenvalue weighted by atomic mass is 15.1. The summed E-state index contributed by atoms with van der Waals surface area (Å²) in [4.78, 5) is 2.52. The van der Waals surface area contributed by atoms with Gasteiger partial charge in [-0.3, -0.25) is 4.90 Å². The lowest BCUT2D eigenvalue weighted by Gasteiger charge is -2.29. The van der Waals surface area contributed by atoms with Gasteiger partial charge in [0.2, 0.25) is 0 Å². The Kier molecular flexibility index (Phi) is 5.70. The summed E-state index contributed by atoms with van der Waals surface area (Å²) < 4.78 is 0. The number of fused-ring (bicyclic) bond motifs is 1. The van der Waals surface area contributed by atoms with E-state index in [1.54, 1.807) is 16.7 Å². The van der Waals surface area contributed by atoms with Crippen molar-refractivity contribution in [3.63, 3.8) is 0 Å². The molecule has 0 fully saturated rings. The van der Waals surface area contributed by atoms with Gasteiger partial charge < -0.3 is 0 Å². The molecule has 0 atom stereocenters. The van der Waals surface area contributed by atoms with Gasteiger partial charge in [0.15, 0.2) is 0 Å². The summed E-state index contributed by atoms with van der Waals surface area (Å²) in [7, 11) is 0. The number of nitrogens with zero attached hydrogens (tertiary/aromatic N) is 1. The number of rotatable bonds is 2. The molecule has 0 spiro atoms. The van der Waals surface area contributed by atoms with Crippen LogP contribution in [0.2, 0.25) is 0 Å². The number of benzene rings is 1. The second-order valence-corrected chi connectivity index (χ2v) is 4.76. The van der Waals surface area contributed by atoms with Crippen LogP contribution in [-0.4, -0.2) is 18.0 Å². The first-order valence-corrected chi connectivity index (χ1v) is 7.05. The summed E-state index contributed by atoms with van der Waals surface area (Å²) in [6, 6.07) is 6.81. The molecule has 1 heterocycles. The van der Waals surface area contributed by atoms with Gasteiger partial charge in [-0.05, 0) is 35.6 Å². The lowest BCUT2D eigenvalue weighted by atomic mass is 9.89. The molecule has 0 saturated heterocycles. The van der Waals surface area contributed by atoms with E-state index in [-0.39, 0.29) is 0 Å². The van der Waals surface area contributed by atoms with E-state index in [4.69, 9.17) is 0 Å². The molecule has 1 aliphatic heterocycles. The molecule has 0 N–H and O–H groups in total. The topological polar surface area (TPSA) is 3.24 Å². The predicted octanol–water partition coefficient (Wildman–Crippen LogP) is 4.21. The molecule has 2 rings (SSSR count). The van der Waals surface area contributed by atoms with Crippen molar-refractivity contribution in [2.75, 3.05) is 13.1 Å². The van der Waals surface area contributed by atoms with Crippen LogP contribution in [0, 0.1) is 0 Å². The maximum atomic E-state index is 2.52. The highest BCUT2D eigenvalue weighted by molar-refractivity contribution is 5.38. The molecule has 0 aliphatic carbocycles. The molecular formula is C16H27N. The van der Waals surface area contributed by atoms with Gasteiger partial charge in [0.05, 0.1) is 0 Å². The third kappa shape index (κ3) is 3.32. The maximum Gasteiger partial charge on any atom is 0.0236 e. The molecule has 1 aromatic rings. The van der Waals surface area contributed by atoms with Crippen molar-refractivity contribution in [1.82, 2.24) is 4.90 Å². The van der Waals surface area contributed by atoms with Gasteiger partial charge in [0.25, 0.3) is 0 Å². The van der Waals surface area contributed by atoms with Gasteiger partial charge in [0, 0.05) is 13.1 Å². The van der Waals surface area contributed by atoms with E-state index in [0.29, 0.717) is 5.92 Å².